The molecule has 0 fully saturated rings. The van der Waals surface area contributed by atoms with Crippen molar-refractivity contribution in [2.24, 2.45) is 0 Å². The smallest absolute Gasteiger partial charge is 0.156 e. The SMILES string of the molecule is COc1ccc2cc(C(O)=CC(C)=O)ccc2c1. The van der Waals surface area contributed by atoms with Gasteiger partial charge in [-0.05, 0) is 35.9 Å². The largest absolute Gasteiger partial charge is 0.507 e. The van der Waals surface area contributed by atoms with Crippen molar-refractivity contribution in [3.8, 4) is 5.75 Å². The minimum Gasteiger partial charge on any atom is -0.507 e. The summed E-state index contributed by atoms with van der Waals surface area (Å²) in [4.78, 5) is 10.9. The highest BCUT2D eigenvalue weighted by Crippen LogP contribution is 2.24. The van der Waals surface area contributed by atoms with E-state index in [-0.39, 0.29) is 11.5 Å². The zero-order valence-corrected chi connectivity index (χ0v) is 10.3. The highest BCUT2D eigenvalue weighted by molar-refractivity contribution is 5.95. The Morgan fingerprint density at radius 2 is 1.83 bits per heavy atom. The molecule has 92 valence electrons. The number of allylic oxidation sites excluding steroid dienone is 1. The number of hydrogen-bond donors (Lipinski definition) is 1. The van der Waals surface area contributed by atoms with Gasteiger partial charge in [-0.1, -0.05) is 18.2 Å². The van der Waals surface area contributed by atoms with Crippen molar-refractivity contribution in [2.75, 3.05) is 7.11 Å². The third-order valence-corrected chi connectivity index (χ3v) is 2.68. The normalized spacial score (nSPS) is 11.6. The molecule has 3 nitrogen and oxygen atoms in total. The van der Waals surface area contributed by atoms with Crippen LogP contribution in [0.2, 0.25) is 0 Å². The first-order valence-corrected chi connectivity index (χ1v) is 5.59. The average Bonchev–Trinajstić information content (AvgIpc) is 2.36. The van der Waals surface area contributed by atoms with Crippen LogP contribution in [0.4, 0.5) is 0 Å². The lowest BCUT2D eigenvalue weighted by atomic mass is 10.1. The summed E-state index contributed by atoms with van der Waals surface area (Å²) in [6, 6.07) is 11.2. The van der Waals surface area contributed by atoms with E-state index in [1.165, 1.54) is 13.0 Å². The van der Waals surface area contributed by atoms with Crippen molar-refractivity contribution in [1.82, 2.24) is 0 Å². The van der Waals surface area contributed by atoms with E-state index in [4.69, 9.17) is 4.74 Å². The number of rotatable bonds is 3. The van der Waals surface area contributed by atoms with Crippen molar-refractivity contribution in [3.05, 3.63) is 48.0 Å². The van der Waals surface area contributed by atoms with Gasteiger partial charge in [0, 0.05) is 11.6 Å². The van der Waals surface area contributed by atoms with Crippen molar-refractivity contribution in [3.63, 3.8) is 0 Å². The Hall–Kier alpha value is -2.29. The third-order valence-electron chi connectivity index (χ3n) is 2.68. The molecule has 0 atom stereocenters. The van der Waals surface area contributed by atoms with E-state index in [1.807, 2.05) is 30.3 Å². The van der Waals surface area contributed by atoms with Crippen LogP contribution in [0.1, 0.15) is 12.5 Å². The van der Waals surface area contributed by atoms with Crippen molar-refractivity contribution < 1.29 is 14.6 Å². The number of carbonyl (C=O) groups excluding carboxylic acids is 1. The fraction of sp³-hybridized carbons (Fsp3) is 0.133. The van der Waals surface area contributed by atoms with Gasteiger partial charge in [0.2, 0.25) is 0 Å². The molecule has 0 saturated heterocycles. The van der Waals surface area contributed by atoms with Gasteiger partial charge < -0.3 is 9.84 Å². The lowest BCUT2D eigenvalue weighted by Gasteiger charge is -2.05. The summed E-state index contributed by atoms with van der Waals surface area (Å²) in [6.07, 6.45) is 1.21. The molecule has 2 rings (SSSR count). The van der Waals surface area contributed by atoms with Crippen LogP contribution in [0, 0.1) is 0 Å². The van der Waals surface area contributed by atoms with Gasteiger partial charge in [0.05, 0.1) is 7.11 Å². The number of ketones is 1. The number of methoxy groups -OCH3 is 1. The quantitative estimate of drug-likeness (QED) is 0.663. The van der Waals surface area contributed by atoms with Crippen LogP contribution in [-0.4, -0.2) is 18.0 Å². The monoisotopic (exact) mass is 242 g/mol. The van der Waals surface area contributed by atoms with Gasteiger partial charge in [0.25, 0.3) is 0 Å². The Bertz CT molecular complexity index is 627. The first kappa shape index (κ1) is 12.2. The third kappa shape index (κ3) is 2.51. The van der Waals surface area contributed by atoms with Crippen LogP contribution in [0.5, 0.6) is 5.75 Å². The Balaban J connectivity index is 2.48. The zero-order chi connectivity index (χ0) is 13.1. The van der Waals surface area contributed by atoms with Crippen LogP contribution in [0.3, 0.4) is 0 Å². The van der Waals surface area contributed by atoms with E-state index in [9.17, 15) is 9.90 Å². The molecule has 0 amide bonds. The summed E-state index contributed by atoms with van der Waals surface area (Å²) in [7, 11) is 1.62. The summed E-state index contributed by atoms with van der Waals surface area (Å²) in [5.41, 5.74) is 0.628. The number of carbonyl (C=O) groups is 1. The first-order valence-electron chi connectivity index (χ1n) is 5.59. The molecule has 0 spiro atoms. The van der Waals surface area contributed by atoms with Crippen LogP contribution >= 0.6 is 0 Å². The van der Waals surface area contributed by atoms with Gasteiger partial charge in [-0.25, -0.2) is 0 Å². The second kappa shape index (κ2) is 4.92. The lowest BCUT2D eigenvalue weighted by Crippen LogP contribution is -1.89. The predicted octanol–water partition coefficient (Wildman–Crippen LogP) is 3.34. The number of benzene rings is 2. The molecule has 0 radical (unpaired) electrons. The standard InChI is InChI=1S/C15H14O3/c1-10(16)7-15(17)13-4-3-12-9-14(18-2)6-5-11(12)8-13/h3-9,17H,1-2H3. The maximum Gasteiger partial charge on any atom is 0.156 e. The molecule has 0 aliphatic carbocycles. The van der Waals surface area contributed by atoms with Gasteiger partial charge >= 0.3 is 0 Å². The number of aliphatic hydroxyl groups excluding tert-OH is 1. The van der Waals surface area contributed by atoms with Crippen molar-refractivity contribution >= 4 is 22.3 Å². The van der Waals surface area contributed by atoms with Gasteiger partial charge in [-0.3, -0.25) is 4.79 Å². The van der Waals surface area contributed by atoms with Crippen molar-refractivity contribution in [1.29, 1.82) is 0 Å². The summed E-state index contributed by atoms with van der Waals surface area (Å²) < 4.78 is 5.15. The summed E-state index contributed by atoms with van der Waals surface area (Å²) in [6.45, 7) is 1.40. The van der Waals surface area contributed by atoms with Crippen LogP contribution < -0.4 is 4.74 Å². The average molecular weight is 242 g/mol. The van der Waals surface area contributed by atoms with E-state index in [2.05, 4.69) is 0 Å². The minimum atomic E-state index is -0.178. The number of ether oxygens (including phenoxy) is 1. The first-order chi connectivity index (χ1) is 8.60. The van der Waals surface area contributed by atoms with Gasteiger partial charge in [-0.15, -0.1) is 0 Å². The highest BCUT2D eigenvalue weighted by Gasteiger charge is 2.03. The summed E-state index contributed by atoms with van der Waals surface area (Å²) >= 11 is 0. The maximum absolute atomic E-state index is 10.9. The number of fused-ring (bicyclic) bond motifs is 1. The fourth-order valence-electron chi connectivity index (χ4n) is 1.79. The predicted molar refractivity (Wildman–Crippen MR) is 71.8 cm³/mol. The Morgan fingerprint density at radius 3 is 2.50 bits per heavy atom. The number of hydrogen-bond acceptors (Lipinski definition) is 3. The fourth-order valence-corrected chi connectivity index (χ4v) is 1.79. The van der Waals surface area contributed by atoms with Gasteiger partial charge in [-0.2, -0.15) is 0 Å². The number of aliphatic hydroxyl groups is 1. The second-order valence-corrected chi connectivity index (χ2v) is 4.07. The molecule has 18 heavy (non-hydrogen) atoms. The Kier molecular flexibility index (Phi) is 3.33. The van der Waals surface area contributed by atoms with E-state index < -0.39 is 0 Å². The highest BCUT2D eigenvalue weighted by atomic mass is 16.5. The molecule has 0 heterocycles. The van der Waals surface area contributed by atoms with Crippen LogP contribution in [0.15, 0.2) is 42.5 Å². The van der Waals surface area contributed by atoms with Gasteiger partial charge in [0.1, 0.15) is 11.5 Å². The molecule has 0 aliphatic rings. The topological polar surface area (TPSA) is 46.5 Å². The van der Waals surface area contributed by atoms with E-state index >= 15 is 0 Å². The van der Waals surface area contributed by atoms with Crippen LogP contribution in [0.25, 0.3) is 16.5 Å². The molecular weight excluding hydrogens is 228 g/mol. The maximum atomic E-state index is 10.9. The molecular formula is C15H14O3. The van der Waals surface area contributed by atoms with E-state index in [0.717, 1.165) is 16.5 Å². The Labute approximate surface area is 105 Å². The van der Waals surface area contributed by atoms with Crippen LogP contribution in [-0.2, 0) is 4.79 Å². The lowest BCUT2D eigenvalue weighted by molar-refractivity contribution is -0.112. The summed E-state index contributed by atoms with van der Waals surface area (Å²) in [5.74, 6) is 0.598. The molecule has 2 aromatic rings. The molecule has 0 unspecified atom stereocenters. The molecule has 3 heteroatoms. The molecule has 0 saturated carbocycles. The second-order valence-electron chi connectivity index (χ2n) is 4.07. The van der Waals surface area contributed by atoms with E-state index in [0.29, 0.717) is 5.56 Å². The molecule has 0 aliphatic heterocycles. The molecule has 0 aromatic heterocycles. The zero-order valence-electron chi connectivity index (χ0n) is 10.3. The van der Waals surface area contributed by atoms with E-state index in [1.54, 1.807) is 13.2 Å². The Morgan fingerprint density at radius 1 is 1.17 bits per heavy atom. The molecule has 2 aromatic carbocycles. The molecule has 0 bridgehead atoms. The minimum absolute atomic E-state index is 0.0137. The van der Waals surface area contributed by atoms with Gasteiger partial charge in [0.15, 0.2) is 5.78 Å². The molecule has 1 N–H and O–H groups in total. The summed E-state index contributed by atoms with van der Waals surface area (Å²) in [5, 5.41) is 11.8. The van der Waals surface area contributed by atoms with Crippen molar-refractivity contribution in [2.45, 2.75) is 6.92 Å².